The van der Waals surface area contributed by atoms with Crippen LogP contribution in [0.25, 0.3) is 0 Å². The van der Waals surface area contributed by atoms with Gasteiger partial charge in [-0.1, -0.05) is 48.0 Å². The number of hydrogen-bond donors (Lipinski definition) is 1. The van der Waals surface area contributed by atoms with Gasteiger partial charge in [0.1, 0.15) is 0 Å². The van der Waals surface area contributed by atoms with E-state index >= 15 is 0 Å². The predicted octanol–water partition coefficient (Wildman–Crippen LogP) is 4.53. The topological polar surface area (TPSA) is 12.0 Å². The first-order chi connectivity index (χ1) is 9.84. The summed E-state index contributed by atoms with van der Waals surface area (Å²) in [5, 5.41) is 4.56. The van der Waals surface area contributed by atoms with Crippen molar-refractivity contribution >= 4 is 11.6 Å². The zero-order chi connectivity index (χ0) is 13.5. The van der Waals surface area contributed by atoms with Crippen LogP contribution in [0, 0.1) is 5.92 Å². The highest BCUT2D eigenvalue weighted by Crippen LogP contribution is 2.52. The van der Waals surface area contributed by atoms with Crippen LogP contribution in [0.5, 0.6) is 0 Å². The van der Waals surface area contributed by atoms with Crippen molar-refractivity contribution in [2.45, 2.75) is 24.8 Å². The Morgan fingerprint density at radius 3 is 2.70 bits per heavy atom. The van der Waals surface area contributed by atoms with Gasteiger partial charge in [-0.25, -0.2) is 0 Å². The summed E-state index contributed by atoms with van der Waals surface area (Å²) in [6, 6.07) is 17.8. The molecule has 2 aromatic rings. The standard InChI is InChI=1S/C18H18ClN/c19-13-8-9-14-16(11-13)18-15(7-4-10-20-18)17(14)12-5-2-1-3-6-12/h1-3,5-6,8-9,11,15,17-18,20H,4,7,10H2. The summed E-state index contributed by atoms with van der Waals surface area (Å²) in [4.78, 5) is 0. The van der Waals surface area contributed by atoms with E-state index in [9.17, 15) is 0 Å². The van der Waals surface area contributed by atoms with E-state index in [0.29, 0.717) is 17.9 Å². The fraction of sp³-hybridized carbons (Fsp3) is 0.333. The molecule has 2 aliphatic rings. The van der Waals surface area contributed by atoms with E-state index < -0.39 is 0 Å². The van der Waals surface area contributed by atoms with Gasteiger partial charge in [0.25, 0.3) is 0 Å². The molecule has 102 valence electrons. The van der Waals surface area contributed by atoms with Crippen LogP contribution in [-0.4, -0.2) is 6.54 Å². The summed E-state index contributed by atoms with van der Waals surface area (Å²) < 4.78 is 0. The Hall–Kier alpha value is -1.31. The molecule has 3 unspecified atom stereocenters. The molecule has 1 N–H and O–H groups in total. The van der Waals surface area contributed by atoms with Gasteiger partial charge in [0.05, 0.1) is 0 Å². The lowest BCUT2D eigenvalue weighted by Gasteiger charge is -2.31. The lowest BCUT2D eigenvalue weighted by molar-refractivity contribution is 0.287. The lowest BCUT2D eigenvalue weighted by atomic mass is 9.80. The van der Waals surface area contributed by atoms with Crippen LogP contribution in [0.4, 0.5) is 0 Å². The van der Waals surface area contributed by atoms with E-state index in [-0.39, 0.29) is 0 Å². The van der Waals surface area contributed by atoms with Crippen molar-refractivity contribution in [3.63, 3.8) is 0 Å². The highest BCUT2D eigenvalue weighted by atomic mass is 35.5. The Bertz CT molecular complexity index is 623. The molecule has 0 spiro atoms. The van der Waals surface area contributed by atoms with Crippen molar-refractivity contribution < 1.29 is 0 Å². The van der Waals surface area contributed by atoms with Crippen LogP contribution in [0.1, 0.15) is 41.5 Å². The third kappa shape index (κ3) is 1.88. The average Bonchev–Trinajstić information content (AvgIpc) is 2.82. The van der Waals surface area contributed by atoms with Gasteiger partial charge in [-0.3, -0.25) is 0 Å². The number of nitrogens with one attached hydrogen (secondary N) is 1. The van der Waals surface area contributed by atoms with Crippen molar-refractivity contribution in [3.8, 4) is 0 Å². The van der Waals surface area contributed by atoms with Gasteiger partial charge in [-0.2, -0.15) is 0 Å². The molecular weight excluding hydrogens is 266 g/mol. The summed E-state index contributed by atoms with van der Waals surface area (Å²) in [5.41, 5.74) is 4.31. The monoisotopic (exact) mass is 283 g/mol. The SMILES string of the molecule is Clc1ccc2c(c1)C1NCCCC1C2c1ccccc1. The third-order valence-electron chi connectivity index (χ3n) is 4.81. The van der Waals surface area contributed by atoms with Gasteiger partial charge < -0.3 is 5.32 Å². The molecule has 0 aromatic heterocycles. The summed E-state index contributed by atoms with van der Waals surface area (Å²) in [6.07, 6.45) is 2.57. The zero-order valence-electron chi connectivity index (χ0n) is 11.4. The number of benzene rings is 2. The molecule has 1 saturated heterocycles. The third-order valence-corrected chi connectivity index (χ3v) is 5.05. The van der Waals surface area contributed by atoms with E-state index in [2.05, 4.69) is 47.8 Å². The highest BCUT2D eigenvalue weighted by Gasteiger charge is 2.42. The maximum Gasteiger partial charge on any atom is 0.0409 e. The quantitative estimate of drug-likeness (QED) is 0.811. The molecule has 20 heavy (non-hydrogen) atoms. The Kier molecular flexibility index (Phi) is 3.05. The van der Waals surface area contributed by atoms with Gasteiger partial charge in [-0.15, -0.1) is 0 Å². The Morgan fingerprint density at radius 1 is 1.00 bits per heavy atom. The smallest absolute Gasteiger partial charge is 0.0409 e. The first-order valence-electron chi connectivity index (χ1n) is 7.42. The molecule has 4 rings (SSSR count). The van der Waals surface area contributed by atoms with Crippen LogP contribution < -0.4 is 5.32 Å². The molecule has 1 fully saturated rings. The van der Waals surface area contributed by atoms with Crippen LogP contribution in [0.3, 0.4) is 0 Å². The molecule has 1 heterocycles. The molecule has 3 atom stereocenters. The lowest BCUT2D eigenvalue weighted by Crippen LogP contribution is -2.32. The number of hydrogen-bond acceptors (Lipinski definition) is 1. The van der Waals surface area contributed by atoms with Gasteiger partial charge in [0.2, 0.25) is 0 Å². The van der Waals surface area contributed by atoms with Crippen molar-refractivity contribution in [2.24, 2.45) is 5.92 Å². The molecule has 1 aliphatic carbocycles. The van der Waals surface area contributed by atoms with E-state index in [1.54, 1.807) is 0 Å². The number of halogens is 1. The average molecular weight is 284 g/mol. The van der Waals surface area contributed by atoms with Crippen LogP contribution in [-0.2, 0) is 0 Å². The maximum atomic E-state index is 6.22. The summed E-state index contributed by atoms with van der Waals surface area (Å²) in [7, 11) is 0. The van der Waals surface area contributed by atoms with E-state index in [1.165, 1.54) is 29.5 Å². The molecule has 0 bridgehead atoms. The second-order valence-corrected chi connectivity index (χ2v) is 6.34. The van der Waals surface area contributed by atoms with Gasteiger partial charge in [0, 0.05) is 17.0 Å². The molecular formula is C18H18ClN. The zero-order valence-corrected chi connectivity index (χ0v) is 12.1. The molecule has 1 nitrogen and oxygen atoms in total. The minimum Gasteiger partial charge on any atom is -0.310 e. The largest absolute Gasteiger partial charge is 0.310 e. The Morgan fingerprint density at radius 2 is 1.85 bits per heavy atom. The van der Waals surface area contributed by atoms with E-state index in [1.807, 2.05) is 6.07 Å². The summed E-state index contributed by atoms with van der Waals surface area (Å²) >= 11 is 6.22. The van der Waals surface area contributed by atoms with Crippen molar-refractivity contribution in [1.82, 2.24) is 5.32 Å². The Balaban J connectivity index is 1.86. The minimum atomic E-state index is 0.475. The van der Waals surface area contributed by atoms with Crippen LogP contribution in [0.2, 0.25) is 5.02 Å². The predicted molar refractivity (Wildman–Crippen MR) is 83.2 cm³/mol. The van der Waals surface area contributed by atoms with E-state index in [4.69, 9.17) is 11.6 Å². The van der Waals surface area contributed by atoms with Crippen LogP contribution >= 0.6 is 11.6 Å². The van der Waals surface area contributed by atoms with Crippen molar-refractivity contribution in [3.05, 3.63) is 70.2 Å². The highest BCUT2D eigenvalue weighted by molar-refractivity contribution is 6.30. The van der Waals surface area contributed by atoms with Crippen molar-refractivity contribution in [1.29, 1.82) is 0 Å². The molecule has 0 saturated carbocycles. The molecule has 2 heteroatoms. The first-order valence-corrected chi connectivity index (χ1v) is 7.80. The van der Waals surface area contributed by atoms with Gasteiger partial charge in [-0.05, 0) is 54.1 Å². The first kappa shape index (κ1) is 12.4. The van der Waals surface area contributed by atoms with Crippen molar-refractivity contribution in [2.75, 3.05) is 6.54 Å². The number of rotatable bonds is 1. The minimum absolute atomic E-state index is 0.475. The number of piperidine rings is 1. The fourth-order valence-electron chi connectivity index (χ4n) is 4.03. The molecule has 2 aromatic carbocycles. The molecule has 0 amide bonds. The van der Waals surface area contributed by atoms with Crippen LogP contribution in [0.15, 0.2) is 48.5 Å². The second kappa shape index (κ2) is 4.91. The molecule has 1 aliphatic heterocycles. The number of fused-ring (bicyclic) bond motifs is 3. The van der Waals surface area contributed by atoms with Gasteiger partial charge in [0.15, 0.2) is 0 Å². The second-order valence-electron chi connectivity index (χ2n) is 5.90. The summed E-state index contributed by atoms with van der Waals surface area (Å²) in [5.74, 6) is 1.18. The van der Waals surface area contributed by atoms with Gasteiger partial charge >= 0.3 is 0 Å². The molecule has 0 radical (unpaired) electrons. The normalized spacial score (nSPS) is 27.9. The fourth-order valence-corrected chi connectivity index (χ4v) is 4.21. The van der Waals surface area contributed by atoms with E-state index in [0.717, 1.165) is 11.6 Å². The maximum absolute atomic E-state index is 6.22. The summed E-state index contributed by atoms with van der Waals surface area (Å²) in [6.45, 7) is 1.12. The Labute approximate surface area is 125 Å².